The van der Waals surface area contributed by atoms with Crippen LogP contribution in [0.5, 0.6) is 11.5 Å². The third kappa shape index (κ3) is 3.62. The van der Waals surface area contributed by atoms with Crippen LogP contribution in [0.25, 0.3) is 33.0 Å². The van der Waals surface area contributed by atoms with Crippen LogP contribution in [0.2, 0.25) is 0 Å². The van der Waals surface area contributed by atoms with Gasteiger partial charge in [-0.2, -0.15) is 0 Å². The molecule has 0 saturated carbocycles. The summed E-state index contributed by atoms with van der Waals surface area (Å²) in [6.07, 6.45) is 0. The van der Waals surface area contributed by atoms with Crippen molar-refractivity contribution >= 4 is 10.8 Å². The van der Waals surface area contributed by atoms with Crippen molar-refractivity contribution in [1.82, 2.24) is 0 Å². The molecule has 5 aromatic carbocycles. The molecule has 1 atom stereocenters. The molecule has 38 heavy (non-hydrogen) atoms. The predicted molar refractivity (Wildman–Crippen MR) is 159 cm³/mol. The highest BCUT2D eigenvalue weighted by atomic mass is 16.5. The van der Waals surface area contributed by atoms with Gasteiger partial charge in [0.25, 0.3) is 0 Å². The maximum absolute atomic E-state index is 5.88. The molecule has 0 heterocycles. The largest absolute Gasteiger partial charge is 0.496 e. The van der Waals surface area contributed by atoms with Gasteiger partial charge in [-0.25, -0.2) is 0 Å². The van der Waals surface area contributed by atoms with Gasteiger partial charge in [0.05, 0.1) is 14.2 Å². The smallest absolute Gasteiger partial charge is 0.127 e. The Morgan fingerprint density at radius 1 is 0.500 bits per heavy atom. The van der Waals surface area contributed by atoms with Crippen LogP contribution in [-0.4, -0.2) is 14.2 Å². The molecule has 0 aromatic heterocycles. The second-order valence-corrected chi connectivity index (χ2v) is 11.1. The summed E-state index contributed by atoms with van der Waals surface area (Å²) in [4.78, 5) is 0. The standard InChI is InChI=1S/C36H34O2/c1-21-8-10-28-29-11-9-25(26-18-31-30(35(20-26)38-7)15-24(4)17-34(31)37-6)19-33(29)36(5,32(28)16-21)27-13-22(2)12-23(3)14-27/h8-20H,1-7H3. The number of hydrogen-bond donors (Lipinski definition) is 0. The molecule has 0 spiro atoms. The van der Waals surface area contributed by atoms with E-state index in [1.54, 1.807) is 14.2 Å². The summed E-state index contributed by atoms with van der Waals surface area (Å²) >= 11 is 0. The van der Waals surface area contributed by atoms with Gasteiger partial charge in [0.15, 0.2) is 0 Å². The first-order chi connectivity index (χ1) is 18.2. The summed E-state index contributed by atoms with van der Waals surface area (Å²) in [7, 11) is 3.48. The van der Waals surface area contributed by atoms with Crippen molar-refractivity contribution in [2.24, 2.45) is 0 Å². The van der Waals surface area contributed by atoms with E-state index in [4.69, 9.17) is 9.47 Å². The molecule has 0 aliphatic heterocycles. The quantitative estimate of drug-likeness (QED) is 0.246. The highest BCUT2D eigenvalue weighted by molar-refractivity contribution is 5.98. The molecule has 1 aliphatic rings. The highest BCUT2D eigenvalue weighted by Gasteiger charge is 2.41. The lowest BCUT2D eigenvalue weighted by atomic mass is 9.73. The predicted octanol–water partition coefficient (Wildman–Crippen LogP) is 9.09. The maximum Gasteiger partial charge on any atom is 0.127 e. The Bertz CT molecular complexity index is 1720. The second-order valence-electron chi connectivity index (χ2n) is 11.1. The van der Waals surface area contributed by atoms with Gasteiger partial charge in [-0.05, 0) is 109 Å². The zero-order valence-corrected chi connectivity index (χ0v) is 23.3. The van der Waals surface area contributed by atoms with Gasteiger partial charge in [-0.15, -0.1) is 0 Å². The topological polar surface area (TPSA) is 18.5 Å². The second kappa shape index (κ2) is 8.77. The molecule has 1 unspecified atom stereocenters. The Labute approximate surface area is 225 Å². The van der Waals surface area contributed by atoms with Crippen molar-refractivity contribution < 1.29 is 9.47 Å². The molecule has 0 radical (unpaired) electrons. The number of hydrogen-bond acceptors (Lipinski definition) is 2. The van der Waals surface area contributed by atoms with Gasteiger partial charge in [-0.1, -0.05) is 65.2 Å². The number of rotatable bonds is 4. The Morgan fingerprint density at radius 2 is 1.08 bits per heavy atom. The van der Waals surface area contributed by atoms with Crippen LogP contribution in [-0.2, 0) is 5.41 Å². The van der Waals surface area contributed by atoms with Crippen LogP contribution in [0.4, 0.5) is 0 Å². The minimum absolute atomic E-state index is 0.251. The van der Waals surface area contributed by atoms with Crippen molar-refractivity contribution in [3.8, 4) is 33.8 Å². The minimum Gasteiger partial charge on any atom is -0.496 e. The summed E-state index contributed by atoms with van der Waals surface area (Å²) in [5.41, 5.74) is 13.8. The van der Waals surface area contributed by atoms with Gasteiger partial charge in [0.1, 0.15) is 11.5 Å². The van der Waals surface area contributed by atoms with E-state index >= 15 is 0 Å². The number of fused-ring (bicyclic) bond motifs is 4. The summed E-state index contributed by atoms with van der Waals surface area (Å²) in [5.74, 6) is 1.72. The molecule has 0 amide bonds. The van der Waals surface area contributed by atoms with Crippen LogP contribution < -0.4 is 9.47 Å². The summed E-state index contributed by atoms with van der Waals surface area (Å²) in [6, 6.07) is 29.4. The van der Waals surface area contributed by atoms with Crippen LogP contribution in [0, 0.1) is 27.7 Å². The van der Waals surface area contributed by atoms with Crippen molar-refractivity contribution in [3.63, 3.8) is 0 Å². The normalized spacial score (nSPS) is 15.9. The zero-order valence-electron chi connectivity index (χ0n) is 23.3. The molecule has 6 rings (SSSR count). The number of aryl methyl sites for hydroxylation is 4. The lowest BCUT2D eigenvalue weighted by Gasteiger charge is -2.30. The van der Waals surface area contributed by atoms with E-state index in [0.717, 1.165) is 33.4 Å². The molecular formula is C36H34O2. The fourth-order valence-electron chi connectivity index (χ4n) is 6.44. The first-order valence-corrected chi connectivity index (χ1v) is 13.2. The van der Waals surface area contributed by atoms with Crippen LogP contribution >= 0.6 is 0 Å². The molecule has 0 bridgehead atoms. The fraction of sp³-hybridized carbons (Fsp3) is 0.222. The van der Waals surface area contributed by atoms with E-state index in [1.165, 1.54) is 50.1 Å². The minimum atomic E-state index is -0.251. The Morgan fingerprint density at radius 3 is 1.76 bits per heavy atom. The van der Waals surface area contributed by atoms with Gasteiger partial charge in [0.2, 0.25) is 0 Å². The fourth-order valence-corrected chi connectivity index (χ4v) is 6.44. The van der Waals surface area contributed by atoms with Crippen molar-refractivity contribution in [2.75, 3.05) is 14.2 Å². The zero-order chi connectivity index (χ0) is 26.8. The van der Waals surface area contributed by atoms with Crippen LogP contribution in [0.15, 0.2) is 78.9 Å². The first kappa shape index (κ1) is 24.3. The van der Waals surface area contributed by atoms with Crippen molar-refractivity contribution in [1.29, 1.82) is 0 Å². The molecule has 1 aliphatic carbocycles. The number of ether oxygens (including phenoxy) is 2. The van der Waals surface area contributed by atoms with Gasteiger partial charge >= 0.3 is 0 Å². The maximum atomic E-state index is 5.88. The van der Waals surface area contributed by atoms with E-state index in [1.807, 2.05) is 0 Å². The van der Waals surface area contributed by atoms with Crippen molar-refractivity contribution in [3.05, 3.63) is 118 Å². The third-order valence-electron chi connectivity index (χ3n) is 8.27. The molecule has 2 nitrogen and oxygen atoms in total. The van der Waals surface area contributed by atoms with E-state index in [9.17, 15) is 0 Å². The molecule has 0 fully saturated rings. The lowest BCUT2D eigenvalue weighted by Crippen LogP contribution is -2.23. The SMILES string of the molecule is COc1cc(-c2ccc3c(c2)C(C)(c2cc(C)cc(C)c2)c2cc(C)ccc2-3)cc2c(OC)cc(C)cc12. The highest BCUT2D eigenvalue weighted by Crippen LogP contribution is 2.54. The monoisotopic (exact) mass is 498 g/mol. The Balaban J connectivity index is 1.62. The first-order valence-electron chi connectivity index (χ1n) is 13.2. The van der Waals surface area contributed by atoms with Gasteiger partial charge in [-0.3, -0.25) is 0 Å². The lowest BCUT2D eigenvalue weighted by molar-refractivity contribution is 0.415. The molecular weight excluding hydrogens is 464 g/mol. The molecule has 0 N–H and O–H groups in total. The average Bonchev–Trinajstić information content (AvgIpc) is 3.15. The number of methoxy groups -OCH3 is 2. The van der Waals surface area contributed by atoms with Gasteiger partial charge < -0.3 is 9.47 Å². The van der Waals surface area contributed by atoms with Crippen molar-refractivity contribution in [2.45, 2.75) is 40.0 Å². The van der Waals surface area contributed by atoms with E-state index < -0.39 is 0 Å². The molecule has 2 heteroatoms. The van der Waals surface area contributed by atoms with E-state index in [2.05, 4.69) is 113 Å². The van der Waals surface area contributed by atoms with Crippen LogP contribution in [0.1, 0.15) is 45.9 Å². The Hall–Kier alpha value is -4.04. The van der Waals surface area contributed by atoms with Gasteiger partial charge in [0, 0.05) is 16.2 Å². The van der Waals surface area contributed by atoms with Crippen LogP contribution in [0.3, 0.4) is 0 Å². The summed E-state index contributed by atoms with van der Waals surface area (Å²) in [6.45, 7) is 11.1. The summed E-state index contributed by atoms with van der Waals surface area (Å²) in [5, 5.41) is 2.13. The van der Waals surface area contributed by atoms with E-state index in [0.29, 0.717) is 0 Å². The average molecular weight is 499 g/mol. The Kier molecular flexibility index (Phi) is 5.61. The molecule has 5 aromatic rings. The third-order valence-corrected chi connectivity index (χ3v) is 8.27. The summed E-state index contributed by atoms with van der Waals surface area (Å²) < 4.78 is 11.7. The van der Waals surface area contributed by atoms with E-state index in [-0.39, 0.29) is 5.41 Å². The number of benzene rings is 5. The molecule has 190 valence electrons. The molecule has 0 saturated heterocycles.